The summed E-state index contributed by atoms with van der Waals surface area (Å²) in [5.74, 6) is -5.89. The van der Waals surface area contributed by atoms with Crippen LogP contribution in [0, 0.1) is 5.92 Å². The van der Waals surface area contributed by atoms with Gasteiger partial charge in [0.25, 0.3) is 5.91 Å². The van der Waals surface area contributed by atoms with E-state index in [0.29, 0.717) is 29.9 Å². The molecule has 10 nitrogen and oxygen atoms in total. The fraction of sp³-hybridized carbons (Fsp3) is 0.655. The number of halogens is 4. The quantitative estimate of drug-likeness (QED) is 0.301. The second kappa shape index (κ2) is 14.3. The number of carbonyl (C=O) groups is 2. The van der Waals surface area contributed by atoms with Gasteiger partial charge in [-0.2, -0.15) is 5.10 Å². The molecule has 2 N–H and O–H groups in total. The smallest absolute Gasteiger partial charge is 0.275 e. The van der Waals surface area contributed by atoms with Gasteiger partial charge in [-0.25, -0.2) is 31.7 Å². The van der Waals surface area contributed by atoms with Crippen molar-refractivity contribution in [3.63, 3.8) is 0 Å². The number of amides is 2. The van der Waals surface area contributed by atoms with E-state index in [4.69, 9.17) is 0 Å². The van der Waals surface area contributed by atoms with Gasteiger partial charge in [-0.05, 0) is 35.5 Å². The summed E-state index contributed by atoms with van der Waals surface area (Å²) in [5, 5.41) is 17.1. The number of nitrogens with one attached hydrogen (secondary N) is 2. The summed E-state index contributed by atoms with van der Waals surface area (Å²) in [5.41, 5.74) is 2.48. The Morgan fingerprint density at radius 2 is 1.65 bits per heavy atom. The van der Waals surface area contributed by atoms with Crippen molar-refractivity contribution in [1.82, 2.24) is 35.5 Å². The molecule has 0 spiro atoms. The Morgan fingerprint density at radius 3 is 2.23 bits per heavy atom. The number of aromatic nitrogens is 5. The predicted octanol–water partition coefficient (Wildman–Crippen LogP) is 5.97. The average molecular weight is 610 g/mol. The Kier molecular flexibility index (Phi) is 10.7. The molecular weight excluding hydrogens is 570 g/mol. The minimum Gasteiger partial charge on any atom is -0.352 e. The number of carbonyl (C=O) groups excluding carboxylic acids is 2. The molecule has 6 rings (SSSR count). The highest BCUT2D eigenvalue weighted by Crippen LogP contribution is 2.43. The molecule has 0 radical (unpaired) electrons. The Balaban J connectivity index is 0.000000321. The zero-order valence-corrected chi connectivity index (χ0v) is 24.6. The molecule has 3 aromatic rings. The minimum absolute atomic E-state index is 0.00466. The molecule has 2 amide bonds. The third-order valence-corrected chi connectivity index (χ3v) is 7.21. The number of fused-ring (bicyclic) bond motifs is 1. The maximum Gasteiger partial charge on any atom is 0.275 e. The van der Waals surface area contributed by atoms with Crippen molar-refractivity contribution < 1.29 is 31.8 Å². The Morgan fingerprint density at radius 1 is 0.977 bits per heavy atom. The summed E-state index contributed by atoms with van der Waals surface area (Å²) < 4.78 is 56.4. The lowest BCUT2D eigenvalue weighted by Crippen LogP contribution is -2.38. The fourth-order valence-corrected chi connectivity index (χ4v) is 4.67. The maximum atomic E-state index is 12.9. The molecule has 3 heterocycles. The third-order valence-electron chi connectivity index (χ3n) is 7.21. The maximum absolute atomic E-state index is 12.9. The van der Waals surface area contributed by atoms with Crippen molar-refractivity contribution in [3.05, 3.63) is 41.1 Å². The van der Waals surface area contributed by atoms with Gasteiger partial charge in [0.1, 0.15) is 5.69 Å². The van der Waals surface area contributed by atoms with E-state index in [1.165, 1.54) is 19.3 Å². The van der Waals surface area contributed by atoms with Gasteiger partial charge in [0.2, 0.25) is 17.8 Å². The zero-order chi connectivity index (χ0) is 31.0. The molecule has 0 atom stereocenters. The van der Waals surface area contributed by atoms with Crippen LogP contribution >= 0.6 is 0 Å². The molecule has 43 heavy (non-hydrogen) atoms. The normalized spacial score (nSPS) is 18.5. The average Bonchev–Trinajstić information content (AvgIpc) is 3.62. The van der Waals surface area contributed by atoms with Crippen LogP contribution in [0.4, 0.5) is 17.6 Å². The molecule has 3 aliphatic carbocycles. The topological polar surface area (TPSA) is 127 Å². The Labute approximate surface area is 247 Å². The summed E-state index contributed by atoms with van der Waals surface area (Å²) >= 11 is 0. The van der Waals surface area contributed by atoms with Crippen LogP contribution in [0.1, 0.15) is 118 Å². The Hall–Kier alpha value is -3.58. The van der Waals surface area contributed by atoms with E-state index >= 15 is 0 Å². The van der Waals surface area contributed by atoms with E-state index in [1.807, 2.05) is 13.8 Å². The van der Waals surface area contributed by atoms with E-state index in [2.05, 4.69) is 35.7 Å². The van der Waals surface area contributed by atoms with Gasteiger partial charge >= 0.3 is 0 Å². The molecule has 14 heteroatoms. The third kappa shape index (κ3) is 10.3. The van der Waals surface area contributed by atoms with Gasteiger partial charge in [0.15, 0.2) is 11.3 Å². The second-order valence-electron chi connectivity index (χ2n) is 11.8. The van der Waals surface area contributed by atoms with Crippen LogP contribution in [-0.2, 0) is 17.9 Å². The van der Waals surface area contributed by atoms with Crippen molar-refractivity contribution in [2.45, 2.75) is 115 Å². The molecule has 3 fully saturated rings. The fourth-order valence-electron chi connectivity index (χ4n) is 4.67. The zero-order valence-electron chi connectivity index (χ0n) is 24.6. The first kappa shape index (κ1) is 32.3. The summed E-state index contributed by atoms with van der Waals surface area (Å²) in [6.07, 6.45) is 10.1. The highest BCUT2D eigenvalue weighted by atomic mass is 19.3. The van der Waals surface area contributed by atoms with E-state index in [-0.39, 0.29) is 68.6 Å². The van der Waals surface area contributed by atoms with Gasteiger partial charge in [0.05, 0.1) is 24.6 Å². The minimum atomic E-state index is -2.62. The molecule has 3 aliphatic rings. The first-order valence-electron chi connectivity index (χ1n) is 14.9. The second-order valence-corrected chi connectivity index (χ2v) is 11.8. The first-order chi connectivity index (χ1) is 20.4. The van der Waals surface area contributed by atoms with E-state index < -0.39 is 17.8 Å². The largest absolute Gasteiger partial charge is 0.352 e. The molecule has 0 saturated heterocycles. The molecule has 236 valence electrons. The molecular formula is C29H39F4N7O3. The molecule has 3 aromatic heterocycles. The van der Waals surface area contributed by atoms with Crippen LogP contribution in [0.2, 0.25) is 0 Å². The van der Waals surface area contributed by atoms with Gasteiger partial charge in [-0.15, -0.1) is 0 Å². The summed E-state index contributed by atoms with van der Waals surface area (Å²) in [4.78, 5) is 28.7. The number of alkyl halides is 4. The van der Waals surface area contributed by atoms with Crippen molar-refractivity contribution in [3.8, 4) is 0 Å². The standard InChI is InChI=1S/C20H23F2N7O3.C6H10F2.C3H6/c1-11(2)17-18(28-32-27-17)19(31)24-9-14-10-29-15(26-14)3-13(8-25-29)7-23-16(30)4-12-5-20(21,22)6-12;7-6(8)4-2-1-3-5-6;1-2-3-1/h3,8,10-12H,4-7,9H2,1-2H3,(H,23,30)(H,24,31);1-5H2;1-3H2. The number of hydrogen-bond acceptors (Lipinski definition) is 7. The van der Waals surface area contributed by atoms with Gasteiger partial charge < -0.3 is 10.6 Å². The molecule has 0 unspecified atom stereocenters. The number of imidazole rings is 1. The van der Waals surface area contributed by atoms with E-state index in [0.717, 1.165) is 12.0 Å². The lowest BCUT2D eigenvalue weighted by molar-refractivity contribution is -0.133. The van der Waals surface area contributed by atoms with Crippen molar-refractivity contribution in [2.75, 3.05) is 0 Å². The van der Waals surface area contributed by atoms with E-state index in [1.54, 1.807) is 23.0 Å². The molecule has 0 aliphatic heterocycles. The van der Waals surface area contributed by atoms with Crippen LogP contribution in [-0.4, -0.2) is 48.6 Å². The number of hydrogen-bond donors (Lipinski definition) is 2. The highest BCUT2D eigenvalue weighted by molar-refractivity contribution is 5.93. The summed E-state index contributed by atoms with van der Waals surface area (Å²) in [6.45, 7) is 4.15. The van der Waals surface area contributed by atoms with Crippen LogP contribution in [0.15, 0.2) is 23.1 Å². The van der Waals surface area contributed by atoms with Crippen LogP contribution in [0.3, 0.4) is 0 Å². The van der Waals surface area contributed by atoms with Gasteiger partial charge in [0, 0.05) is 44.6 Å². The van der Waals surface area contributed by atoms with Crippen LogP contribution < -0.4 is 10.6 Å². The summed E-state index contributed by atoms with van der Waals surface area (Å²) in [6, 6.07) is 1.76. The first-order valence-corrected chi connectivity index (χ1v) is 14.9. The number of rotatable bonds is 8. The lowest BCUT2D eigenvalue weighted by atomic mass is 9.79. The van der Waals surface area contributed by atoms with Crippen molar-refractivity contribution >= 4 is 17.5 Å². The van der Waals surface area contributed by atoms with Gasteiger partial charge in [-0.3, -0.25) is 9.59 Å². The highest BCUT2D eigenvalue weighted by Gasteiger charge is 2.45. The SMILES string of the molecule is C1CC1.CC(C)c1nonc1C(=O)NCc1cn2ncc(CNC(=O)CC3CC(F)(F)C3)cc2n1.FC1(F)CCCCC1. The Bertz CT molecular complexity index is 1350. The lowest BCUT2D eigenvalue weighted by Gasteiger charge is -2.34. The number of nitrogens with zero attached hydrogens (tertiary/aromatic N) is 5. The molecule has 3 saturated carbocycles. The van der Waals surface area contributed by atoms with Crippen LogP contribution in [0.5, 0.6) is 0 Å². The van der Waals surface area contributed by atoms with Crippen molar-refractivity contribution in [2.24, 2.45) is 5.92 Å². The van der Waals surface area contributed by atoms with Crippen LogP contribution in [0.25, 0.3) is 5.65 Å². The predicted molar refractivity (Wildman–Crippen MR) is 149 cm³/mol. The van der Waals surface area contributed by atoms with Crippen molar-refractivity contribution in [1.29, 1.82) is 0 Å². The summed E-state index contributed by atoms with van der Waals surface area (Å²) in [7, 11) is 0. The van der Waals surface area contributed by atoms with E-state index in [9.17, 15) is 27.2 Å². The molecule has 0 aromatic carbocycles. The molecule has 0 bridgehead atoms. The van der Waals surface area contributed by atoms with Gasteiger partial charge in [-0.1, -0.05) is 44.7 Å². The monoisotopic (exact) mass is 609 g/mol.